The third-order valence-electron chi connectivity index (χ3n) is 6.49. The summed E-state index contributed by atoms with van der Waals surface area (Å²) in [6.45, 7) is 0.0571. The predicted octanol–water partition coefficient (Wildman–Crippen LogP) is 6.25. The summed E-state index contributed by atoms with van der Waals surface area (Å²) in [7, 11) is -5.54. The molecule has 0 bridgehead atoms. The normalized spacial score (nSPS) is 17.7. The van der Waals surface area contributed by atoms with E-state index in [-0.39, 0.29) is 18.2 Å². The highest BCUT2D eigenvalue weighted by Crippen LogP contribution is 2.39. The Morgan fingerprint density at radius 3 is 2.62 bits per heavy atom. The summed E-state index contributed by atoms with van der Waals surface area (Å²) in [5.74, 6) is -1.73. The van der Waals surface area contributed by atoms with Gasteiger partial charge in [-0.25, -0.2) is 13.8 Å². The van der Waals surface area contributed by atoms with Crippen LogP contribution in [0.5, 0.6) is 5.75 Å². The van der Waals surface area contributed by atoms with Crippen molar-refractivity contribution in [2.45, 2.75) is 37.5 Å². The summed E-state index contributed by atoms with van der Waals surface area (Å²) in [6.07, 6.45) is 0.700. The lowest BCUT2D eigenvalue weighted by molar-refractivity contribution is -0.0429. The van der Waals surface area contributed by atoms with Gasteiger partial charge in [0, 0.05) is 11.8 Å². The number of anilines is 1. The molecule has 0 spiro atoms. The molecule has 2 atom stereocenters. The van der Waals surface area contributed by atoms with Crippen molar-refractivity contribution in [3.63, 3.8) is 0 Å². The van der Waals surface area contributed by atoms with Crippen molar-refractivity contribution >= 4 is 37.3 Å². The van der Waals surface area contributed by atoms with Crippen LogP contribution in [0.3, 0.4) is 0 Å². The molecule has 0 fully saturated rings. The summed E-state index contributed by atoms with van der Waals surface area (Å²) in [5, 5.41) is 11.6. The molecule has 206 valence electrons. The number of thiazole rings is 1. The molecule has 0 unspecified atom stereocenters. The summed E-state index contributed by atoms with van der Waals surface area (Å²) in [4.78, 5) is 4.27. The highest BCUT2D eigenvalue weighted by molar-refractivity contribution is 7.93. The van der Waals surface area contributed by atoms with E-state index in [1.807, 2.05) is 6.07 Å². The molecule has 1 aliphatic rings. The molecule has 0 aliphatic heterocycles. The van der Waals surface area contributed by atoms with Crippen molar-refractivity contribution < 1.29 is 40.2 Å². The maximum atomic E-state index is 13.5. The molecule has 0 amide bonds. The first-order valence-corrected chi connectivity index (χ1v) is 14.1. The number of nitrogens with one attached hydrogen (secondary N) is 1. The zero-order chi connectivity index (χ0) is 27.9. The van der Waals surface area contributed by atoms with Gasteiger partial charge in [0.2, 0.25) is 0 Å². The molecule has 6 nitrogen and oxygen atoms in total. The maximum Gasteiger partial charge on any atom is 0.516 e. The number of hydrogen-bond acceptors (Lipinski definition) is 6. The molecular formula is C26H21F5N2O4S2. The number of alkyl halides is 3. The summed E-state index contributed by atoms with van der Waals surface area (Å²) in [5.41, 5.74) is -3.16. The predicted molar refractivity (Wildman–Crippen MR) is 136 cm³/mol. The second-order valence-corrected chi connectivity index (χ2v) is 12.0. The van der Waals surface area contributed by atoms with Crippen molar-refractivity contribution in [1.82, 2.24) is 4.98 Å². The van der Waals surface area contributed by atoms with E-state index in [1.165, 1.54) is 34.3 Å². The minimum absolute atomic E-state index is 0.0571. The Morgan fingerprint density at radius 1 is 1.08 bits per heavy atom. The first kappa shape index (κ1) is 27.3. The zero-order valence-corrected chi connectivity index (χ0v) is 21.6. The largest absolute Gasteiger partial charge is 0.516 e. The van der Waals surface area contributed by atoms with E-state index < -0.39 is 33.3 Å². The van der Waals surface area contributed by atoms with Crippen LogP contribution in [-0.2, 0) is 29.5 Å². The smallest absolute Gasteiger partial charge is 0.486 e. The molecule has 1 aromatic heterocycles. The van der Waals surface area contributed by atoms with Crippen LogP contribution in [0.1, 0.15) is 34.2 Å². The monoisotopic (exact) mass is 584 g/mol. The van der Waals surface area contributed by atoms with Crippen LogP contribution in [0.4, 0.5) is 27.6 Å². The van der Waals surface area contributed by atoms with Crippen LogP contribution in [0.2, 0.25) is 0 Å². The van der Waals surface area contributed by atoms with Gasteiger partial charge in [0.1, 0.15) is 17.4 Å². The van der Waals surface area contributed by atoms with Crippen LogP contribution >= 0.6 is 11.3 Å². The Bertz CT molecular complexity index is 1600. The van der Waals surface area contributed by atoms with E-state index >= 15 is 0 Å². The van der Waals surface area contributed by atoms with Crippen molar-refractivity contribution in [2.24, 2.45) is 5.92 Å². The van der Waals surface area contributed by atoms with Crippen molar-refractivity contribution in [2.75, 3.05) is 4.72 Å². The van der Waals surface area contributed by atoms with Crippen LogP contribution in [0, 0.1) is 17.6 Å². The quantitative estimate of drug-likeness (QED) is 0.251. The number of aryl methyl sites for hydroxylation is 1. The molecule has 2 N–H and O–H groups in total. The molecule has 3 aromatic carbocycles. The van der Waals surface area contributed by atoms with Gasteiger partial charge < -0.3 is 9.84 Å². The first-order chi connectivity index (χ1) is 18.4. The van der Waals surface area contributed by atoms with E-state index in [0.717, 1.165) is 17.7 Å². The van der Waals surface area contributed by atoms with Gasteiger partial charge in [0.15, 0.2) is 11.6 Å². The van der Waals surface area contributed by atoms with Crippen LogP contribution in [-0.4, -0.2) is 24.0 Å². The van der Waals surface area contributed by atoms with Gasteiger partial charge >= 0.3 is 15.5 Å². The minimum Gasteiger partial charge on any atom is -0.486 e. The number of rotatable bonds is 7. The summed E-state index contributed by atoms with van der Waals surface area (Å²) < 4.78 is 95.9. The summed E-state index contributed by atoms with van der Waals surface area (Å²) >= 11 is 1.18. The standard InChI is InChI=1S/C26H21F5N2O4S2/c27-20-11-22-23(12-21(20)28)38-24(32-22)13-37-18-7-6-15-4-5-16(25(34)19(15)10-18)8-14-2-1-3-17(9-14)33-39(35,36)26(29,30)31/h1-3,6-7,9-12,16,25,33-34H,4-5,8,13H2/t16-,25+/m1/s1. The lowest BCUT2D eigenvalue weighted by Gasteiger charge is -2.30. The second-order valence-electron chi connectivity index (χ2n) is 9.19. The number of aromatic nitrogens is 1. The number of benzene rings is 3. The first-order valence-electron chi connectivity index (χ1n) is 11.8. The van der Waals surface area contributed by atoms with Gasteiger partial charge in [0.05, 0.1) is 16.3 Å². The SMILES string of the molecule is O=S(=O)(Nc1cccc(C[C@H]2CCc3ccc(OCc4nc5cc(F)c(F)cc5s4)cc3[C@H]2O)c1)C(F)(F)F. The second kappa shape index (κ2) is 10.4. The molecule has 5 rings (SSSR count). The molecule has 1 heterocycles. The zero-order valence-electron chi connectivity index (χ0n) is 20.0. The number of halogens is 5. The highest BCUT2D eigenvalue weighted by Gasteiger charge is 2.46. The maximum absolute atomic E-state index is 13.5. The van der Waals surface area contributed by atoms with Crippen LogP contribution < -0.4 is 9.46 Å². The Morgan fingerprint density at radius 2 is 1.85 bits per heavy atom. The third-order valence-corrected chi connectivity index (χ3v) is 8.59. The number of aliphatic hydroxyl groups is 1. The number of fused-ring (bicyclic) bond motifs is 2. The fraction of sp³-hybridized carbons (Fsp3) is 0.269. The fourth-order valence-corrected chi connectivity index (χ4v) is 6.03. The average molecular weight is 585 g/mol. The number of sulfonamides is 1. The molecule has 0 saturated carbocycles. The third kappa shape index (κ3) is 5.85. The molecule has 4 aromatic rings. The van der Waals surface area contributed by atoms with Gasteiger partial charge in [-0.15, -0.1) is 11.3 Å². The topological polar surface area (TPSA) is 88.5 Å². The molecular weight excluding hydrogens is 563 g/mol. The number of ether oxygens (including phenoxy) is 1. The van der Waals surface area contributed by atoms with Gasteiger partial charge in [-0.05, 0) is 72.2 Å². The Kier molecular flexibility index (Phi) is 7.25. The van der Waals surface area contributed by atoms with E-state index in [9.17, 15) is 35.5 Å². The van der Waals surface area contributed by atoms with Gasteiger partial charge in [-0.3, -0.25) is 4.72 Å². The average Bonchev–Trinajstić information content (AvgIpc) is 3.25. The Labute approximate surface area is 224 Å². The molecule has 0 saturated heterocycles. The van der Waals surface area contributed by atoms with Gasteiger partial charge in [-0.2, -0.15) is 21.6 Å². The molecule has 1 aliphatic carbocycles. The lowest BCUT2D eigenvalue weighted by Crippen LogP contribution is -2.30. The number of hydrogen-bond donors (Lipinski definition) is 2. The van der Waals surface area contributed by atoms with Gasteiger partial charge in [-0.1, -0.05) is 18.2 Å². The van der Waals surface area contributed by atoms with E-state index in [2.05, 4.69) is 4.98 Å². The number of nitrogens with zero attached hydrogens (tertiary/aromatic N) is 1. The van der Waals surface area contributed by atoms with E-state index in [4.69, 9.17) is 4.74 Å². The molecule has 0 radical (unpaired) electrons. The van der Waals surface area contributed by atoms with Crippen LogP contribution in [0.15, 0.2) is 54.6 Å². The fourth-order valence-electron chi connectivity index (χ4n) is 4.59. The van der Waals surface area contributed by atoms with Crippen molar-refractivity contribution in [1.29, 1.82) is 0 Å². The minimum atomic E-state index is -5.54. The van der Waals surface area contributed by atoms with E-state index in [0.29, 0.717) is 51.4 Å². The summed E-state index contributed by atoms with van der Waals surface area (Å²) in [6, 6.07) is 13.1. The van der Waals surface area contributed by atoms with Crippen LogP contribution in [0.25, 0.3) is 10.2 Å². The van der Waals surface area contributed by atoms with Crippen molar-refractivity contribution in [3.05, 3.63) is 87.9 Å². The lowest BCUT2D eigenvalue weighted by atomic mass is 9.78. The van der Waals surface area contributed by atoms with E-state index in [1.54, 1.807) is 18.2 Å². The Balaban J connectivity index is 1.27. The van der Waals surface area contributed by atoms with Crippen molar-refractivity contribution in [3.8, 4) is 5.75 Å². The molecule has 13 heteroatoms. The Hall–Kier alpha value is -3.29. The number of aliphatic hydroxyl groups excluding tert-OH is 1. The molecule has 39 heavy (non-hydrogen) atoms. The highest BCUT2D eigenvalue weighted by atomic mass is 32.2. The van der Waals surface area contributed by atoms with Gasteiger partial charge in [0.25, 0.3) is 0 Å².